The molecule has 1 fully saturated rings. The zero-order chi connectivity index (χ0) is 57.9. The number of pyridine rings is 1. The molecule has 1 saturated heterocycles. The van der Waals surface area contributed by atoms with E-state index >= 15 is 0 Å². The van der Waals surface area contributed by atoms with Crippen molar-refractivity contribution in [3.63, 3.8) is 0 Å². The highest BCUT2D eigenvalue weighted by Crippen LogP contribution is 2.36. The number of likely N-dealkylation sites (N-methyl/N-ethyl adjacent to an activating group) is 1. The number of nitrogens with zero attached hydrogens (tertiary/aromatic N) is 6. The Hall–Kier alpha value is -7.07. The molecule has 23 heteroatoms. The van der Waals surface area contributed by atoms with Gasteiger partial charge in [0, 0.05) is 67.6 Å². The van der Waals surface area contributed by atoms with Gasteiger partial charge in [0.05, 0.1) is 83.7 Å². The monoisotopic (exact) mass is 1110 g/mol. The maximum absolute atomic E-state index is 14.5. The first-order valence-electron chi connectivity index (χ1n) is 27.3. The molecule has 6 atom stereocenters. The molecule has 2 aromatic carbocycles. The Balaban J connectivity index is 0.868. The fraction of sp³-hybridized carbons (Fsp3) is 0.544. The lowest BCUT2D eigenvalue weighted by molar-refractivity contribution is -0.144. The quantitative estimate of drug-likeness (QED) is 0.0463. The summed E-state index contributed by atoms with van der Waals surface area (Å²) in [4.78, 5) is 75.3. The van der Waals surface area contributed by atoms with Crippen LogP contribution in [0.2, 0.25) is 0 Å². The van der Waals surface area contributed by atoms with Crippen LogP contribution < -0.4 is 37.1 Å². The average molecular weight is 1110 g/mol. The Kier molecular flexibility index (Phi) is 23.3. The number of hydrogen-bond donors (Lipinski definition) is 6. The van der Waals surface area contributed by atoms with Crippen molar-refractivity contribution in [1.82, 2.24) is 51.1 Å². The lowest BCUT2D eigenvalue weighted by Gasteiger charge is -2.36. The number of benzene rings is 2. The van der Waals surface area contributed by atoms with Gasteiger partial charge in [0.1, 0.15) is 30.1 Å². The summed E-state index contributed by atoms with van der Waals surface area (Å²) >= 11 is 0. The van der Waals surface area contributed by atoms with E-state index in [-0.39, 0.29) is 104 Å². The van der Waals surface area contributed by atoms with Gasteiger partial charge in [-0.05, 0) is 69.0 Å². The average Bonchev–Trinajstić information content (AvgIpc) is 4.17. The van der Waals surface area contributed by atoms with Crippen LogP contribution in [0.5, 0.6) is 5.75 Å². The normalized spacial score (nSPS) is 17.4. The van der Waals surface area contributed by atoms with Gasteiger partial charge in [0.15, 0.2) is 17.3 Å². The SMILES string of the molecule is CC[C@@H](NC(=O)[C@@H]1C[C@H](NCCOCCOCCOCCOCCC(=O)NCCn2nc(C#N)c3c2CN(C)C(=O)c2ccc(F)cc2[C@@H](C)Oc2cc-3cnc2N)CN1C(=O)C(NC(=O)[C@H](C)NC)C(C)(C)C)c1ccccc1. The molecule has 0 aliphatic carbocycles. The fourth-order valence-corrected chi connectivity index (χ4v) is 9.45. The van der Waals surface area contributed by atoms with Crippen molar-refractivity contribution in [3.05, 3.63) is 94.7 Å². The summed E-state index contributed by atoms with van der Waals surface area (Å²) in [6, 6.07) is 14.9. The highest BCUT2D eigenvalue weighted by atomic mass is 19.1. The molecule has 4 aromatic rings. The molecule has 1 unspecified atom stereocenters. The number of carbonyl (C=O) groups is 5. The molecule has 0 radical (unpaired) electrons. The van der Waals surface area contributed by atoms with E-state index in [9.17, 15) is 33.6 Å². The van der Waals surface area contributed by atoms with Crippen molar-refractivity contribution in [2.75, 3.05) is 92.3 Å². The molecule has 2 bridgehead atoms. The number of halogens is 1. The number of carbonyl (C=O) groups excluding carboxylic acids is 5. The number of likely N-dealkylation sites (tertiary alicyclic amines) is 1. The van der Waals surface area contributed by atoms with Crippen LogP contribution in [-0.4, -0.2) is 165 Å². The van der Waals surface area contributed by atoms with E-state index in [1.807, 2.05) is 58.0 Å². The topological polar surface area (TPSA) is 279 Å². The Morgan fingerprint density at radius 3 is 2.27 bits per heavy atom. The lowest BCUT2D eigenvalue weighted by atomic mass is 9.85. The zero-order valence-electron chi connectivity index (χ0n) is 47.3. The number of fused-ring (bicyclic) bond motifs is 5. The fourth-order valence-electron chi connectivity index (χ4n) is 9.45. The second kappa shape index (κ2) is 29.9. The minimum atomic E-state index is -0.860. The summed E-state index contributed by atoms with van der Waals surface area (Å²) in [5, 5.41) is 30.1. The van der Waals surface area contributed by atoms with Gasteiger partial charge >= 0.3 is 0 Å². The van der Waals surface area contributed by atoms with Gasteiger partial charge in [-0.3, -0.25) is 28.7 Å². The summed E-state index contributed by atoms with van der Waals surface area (Å²) in [5.41, 5.74) is 8.60. The van der Waals surface area contributed by atoms with E-state index in [1.54, 1.807) is 43.6 Å². The summed E-state index contributed by atoms with van der Waals surface area (Å²) in [5.74, 6) is -1.78. The Labute approximate surface area is 467 Å². The molecular weight excluding hydrogens is 1030 g/mol. The number of nitrogens with one attached hydrogen (secondary N) is 5. The van der Waals surface area contributed by atoms with Gasteiger partial charge < -0.3 is 65.8 Å². The molecular formula is C57H79FN12O10. The Morgan fingerprint density at radius 2 is 1.62 bits per heavy atom. The highest BCUT2D eigenvalue weighted by Gasteiger charge is 2.45. The third-order valence-corrected chi connectivity index (χ3v) is 14.0. The third-order valence-electron chi connectivity index (χ3n) is 14.0. The van der Waals surface area contributed by atoms with Crippen molar-refractivity contribution >= 4 is 35.4 Å². The Morgan fingerprint density at radius 1 is 0.950 bits per heavy atom. The highest BCUT2D eigenvalue weighted by molar-refractivity contribution is 5.96. The molecule has 434 valence electrons. The second-order valence-electron chi connectivity index (χ2n) is 20.9. The van der Waals surface area contributed by atoms with E-state index in [0.717, 1.165) is 5.56 Å². The van der Waals surface area contributed by atoms with Crippen LogP contribution in [0.15, 0.2) is 60.8 Å². The molecule has 0 spiro atoms. The van der Waals surface area contributed by atoms with Crippen molar-refractivity contribution in [2.45, 2.75) is 110 Å². The van der Waals surface area contributed by atoms with Crippen molar-refractivity contribution < 1.29 is 52.0 Å². The Bertz CT molecular complexity index is 2770. The minimum Gasteiger partial charge on any atom is -0.482 e. The van der Waals surface area contributed by atoms with Crippen LogP contribution in [0.1, 0.15) is 106 Å². The number of aromatic nitrogens is 3. The molecule has 7 N–H and O–H groups in total. The number of nitrogens with two attached hydrogens (primary N) is 1. The number of nitrogen functional groups attached to an aromatic ring is 1. The molecule has 5 amide bonds. The molecule has 6 rings (SSSR count). The number of amides is 5. The van der Waals surface area contributed by atoms with E-state index in [1.165, 1.54) is 29.3 Å². The first kappa shape index (κ1) is 62.1. The minimum absolute atomic E-state index is 0.0215. The molecule has 80 heavy (non-hydrogen) atoms. The number of nitriles is 1. The molecule has 0 saturated carbocycles. The number of hydrogen-bond acceptors (Lipinski definition) is 16. The van der Waals surface area contributed by atoms with Crippen LogP contribution in [0.25, 0.3) is 11.1 Å². The van der Waals surface area contributed by atoms with E-state index in [4.69, 9.17) is 29.4 Å². The summed E-state index contributed by atoms with van der Waals surface area (Å²) < 4.78 is 44.8. The van der Waals surface area contributed by atoms with Crippen molar-refractivity contribution in [3.8, 4) is 22.9 Å². The standard InChI is InChI=1S/C57H79FN12O10/c1-9-44(38-13-11-10-12-14-38)65-54(73)46-31-41(34-69(46)56(75)51(57(4,5)6)66-53(72)36(2)61-7)62-19-22-77-24-26-79-28-27-78-25-23-76-21-17-49(71)63-18-20-70-47-35-68(8)55(74)42-16-15-40(58)30-43(42)37(3)80-48-29-39(33-64-52(48)60)50(47)45(32-59)67-70/h10-16,29-30,33,36-37,41,44,46,51,61-62H,9,17-28,31,34-35H2,1-8H3,(H2,60,64)(H,63,71)(H,65,73)(H,66,72)/t36-,37+,41-,44+,46-,51?/m0/s1. The summed E-state index contributed by atoms with van der Waals surface area (Å²) in [7, 11) is 3.28. The zero-order valence-corrected chi connectivity index (χ0v) is 47.3. The predicted octanol–water partition coefficient (Wildman–Crippen LogP) is 3.80. The smallest absolute Gasteiger partial charge is 0.254 e. The first-order valence-corrected chi connectivity index (χ1v) is 27.3. The van der Waals surface area contributed by atoms with Gasteiger partial charge in [0.25, 0.3) is 5.91 Å². The summed E-state index contributed by atoms with van der Waals surface area (Å²) in [6.45, 7) is 14.7. The van der Waals surface area contributed by atoms with E-state index < -0.39 is 41.4 Å². The van der Waals surface area contributed by atoms with E-state index in [0.29, 0.717) is 81.4 Å². The molecule has 2 aromatic heterocycles. The number of ether oxygens (including phenoxy) is 5. The molecule has 2 aliphatic heterocycles. The van der Waals surface area contributed by atoms with Crippen molar-refractivity contribution in [2.24, 2.45) is 5.41 Å². The largest absolute Gasteiger partial charge is 0.482 e. The first-order chi connectivity index (χ1) is 38.3. The molecule has 2 aliphatic rings. The number of anilines is 1. The van der Waals surface area contributed by atoms with Gasteiger partial charge in [-0.25, -0.2) is 9.37 Å². The van der Waals surface area contributed by atoms with Crippen LogP contribution in [-0.2, 0) is 51.2 Å². The number of rotatable bonds is 27. The van der Waals surface area contributed by atoms with Gasteiger partial charge in [0.2, 0.25) is 23.6 Å². The van der Waals surface area contributed by atoms with Crippen LogP contribution in [0, 0.1) is 22.6 Å². The predicted molar refractivity (Wildman–Crippen MR) is 296 cm³/mol. The van der Waals surface area contributed by atoms with Crippen molar-refractivity contribution in [1.29, 1.82) is 5.26 Å². The maximum Gasteiger partial charge on any atom is 0.254 e. The van der Waals surface area contributed by atoms with Gasteiger partial charge in [-0.15, -0.1) is 0 Å². The maximum atomic E-state index is 14.5. The van der Waals surface area contributed by atoms with Crippen LogP contribution >= 0.6 is 0 Å². The van der Waals surface area contributed by atoms with Crippen LogP contribution in [0.4, 0.5) is 10.2 Å². The third kappa shape index (κ3) is 17.0. The molecule has 4 heterocycles. The molecule has 22 nitrogen and oxygen atoms in total. The van der Waals surface area contributed by atoms with Crippen LogP contribution in [0.3, 0.4) is 0 Å². The van der Waals surface area contributed by atoms with E-state index in [2.05, 4.69) is 42.7 Å². The lowest BCUT2D eigenvalue weighted by Crippen LogP contribution is -2.59. The van der Waals surface area contributed by atoms with Gasteiger partial charge in [-0.2, -0.15) is 10.4 Å². The van der Waals surface area contributed by atoms with Gasteiger partial charge in [-0.1, -0.05) is 58.0 Å². The second-order valence-corrected chi connectivity index (χ2v) is 20.9. The summed E-state index contributed by atoms with van der Waals surface area (Å²) in [6.07, 6.45) is 1.88.